The van der Waals surface area contributed by atoms with E-state index in [1.807, 2.05) is 12.1 Å². The summed E-state index contributed by atoms with van der Waals surface area (Å²) in [5.41, 5.74) is 2.14. The van der Waals surface area contributed by atoms with E-state index in [4.69, 9.17) is 37.4 Å². The Labute approximate surface area is 213 Å². The molecule has 0 radical (unpaired) electrons. The number of hydrogen-bond acceptors (Lipinski definition) is 5. The number of carboxylic acid groups (broad SMARTS) is 1. The first-order valence-corrected chi connectivity index (χ1v) is 11.9. The van der Waals surface area contributed by atoms with Gasteiger partial charge in [-0.1, -0.05) is 29.3 Å². The SMILES string of the molecule is COc1cc(Cl)ccc1CCCC(=O)c1ccc(Oc2cc3c(cc2Cl)C(C(=O)O)CCO3)cc1. The van der Waals surface area contributed by atoms with Gasteiger partial charge in [-0.25, -0.2) is 0 Å². The smallest absolute Gasteiger partial charge is 0.311 e. The standard InChI is InChI=1S/C27H24Cl2O6/c1-33-24-13-18(28)8-5-17(24)3-2-4-23(30)16-6-9-19(10-7-16)35-26-15-25-21(14-22(26)29)20(27(31)32)11-12-34-25/h5-10,13-15,20H,2-4,11-12H2,1H3,(H,31,32). The van der Waals surface area contributed by atoms with Gasteiger partial charge in [-0.15, -0.1) is 0 Å². The van der Waals surface area contributed by atoms with E-state index >= 15 is 0 Å². The molecule has 3 aromatic carbocycles. The fraction of sp³-hybridized carbons (Fsp3) is 0.259. The first-order chi connectivity index (χ1) is 16.9. The molecule has 1 aliphatic heterocycles. The number of hydrogen-bond donors (Lipinski definition) is 1. The third kappa shape index (κ3) is 5.89. The van der Waals surface area contributed by atoms with Crippen LogP contribution < -0.4 is 14.2 Å². The Bertz CT molecular complexity index is 1240. The molecule has 0 saturated carbocycles. The normalized spacial score (nSPS) is 14.5. The molecule has 182 valence electrons. The molecule has 1 atom stereocenters. The molecule has 3 aromatic rings. The summed E-state index contributed by atoms with van der Waals surface area (Å²) in [5.74, 6) is 0.489. The third-order valence-corrected chi connectivity index (χ3v) is 6.44. The molecule has 8 heteroatoms. The number of fused-ring (bicyclic) bond motifs is 1. The summed E-state index contributed by atoms with van der Waals surface area (Å²) in [6.07, 6.45) is 2.17. The van der Waals surface area contributed by atoms with Crippen molar-refractivity contribution in [2.45, 2.75) is 31.6 Å². The fourth-order valence-electron chi connectivity index (χ4n) is 4.07. The van der Waals surface area contributed by atoms with Crippen LogP contribution in [0.4, 0.5) is 0 Å². The van der Waals surface area contributed by atoms with Gasteiger partial charge in [0.25, 0.3) is 0 Å². The van der Waals surface area contributed by atoms with Gasteiger partial charge in [-0.2, -0.15) is 0 Å². The Morgan fingerprint density at radius 3 is 2.54 bits per heavy atom. The van der Waals surface area contributed by atoms with E-state index in [-0.39, 0.29) is 5.78 Å². The Morgan fingerprint density at radius 1 is 1.06 bits per heavy atom. The highest BCUT2D eigenvalue weighted by atomic mass is 35.5. The first-order valence-electron chi connectivity index (χ1n) is 11.2. The highest BCUT2D eigenvalue weighted by Gasteiger charge is 2.29. The number of benzene rings is 3. The minimum atomic E-state index is -0.910. The quantitative estimate of drug-likeness (QED) is 0.311. The second-order valence-electron chi connectivity index (χ2n) is 8.21. The fourth-order valence-corrected chi connectivity index (χ4v) is 4.44. The monoisotopic (exact) mass is 514 g/mol. The first kappa shape index (κ1) is 24.9. The number of halogens is 2. The number of ketones is 1. The number of aryl methyl sites for hydroxylation is 1. The van der Waals surface area contributed by atoms with Crippen LogP contribution in [0.25, 0.3) is 0 Å². The summed E-state index contributed by atoms with van der Waals surface area (Å²) in [5, 5.41) is 10.3. The third-order valence-electron chi connectivity index (χ3n) is 5.91. The maximum Gasteiger partial charge on any atom is 0.311 e. The average molecular weight is 515 g/mol. The highest BCUT2D eigenvalue weighted by molar-refractivity contribution is 6.32. The number of methoxy groups -OCH3 is 1. The summed E-state index contributed by atoms with van der Waals surface area (Å²) < 4.78 is 16.9. The molecule has 0 amide bonds. The lowest BCUT2D eigenvalue weighted by molar-refractivity contribution is -0.139. The van der Waals surface area contributed by atoms with Crippen molar-refractivity contribution in [2.24, 2.45) is 0 Å². The van der Waals surface area contributed by atoms with Crippen LogP contribution >= 0.6 is 23.2 Å². The molecule has 0 spiro atoms. The summed E-state index contributed by atoms with van der Waals surface area (Å²) in [6, 6.07) is 15.5. The van der Waals surface area contributed by atoms with E-state index in [0.717, 1.165) is 11.3 Å². The predicted molar refractivity (Wildman–Crippen MR) is 134 cm³/mol. The maximum atomic E-state index is 12.6. The van der Waals surface area contributed by atoms with Gasteiger partial charge in [0.05, 0.1) is 24.7 Å². The summed E-state index contributed by atoms with van der Waals surface area (Å²) in [7, 11) is 1.60. The Kier molecular flexibility index (Phi) is 7.83. The van der Waals surface area contributed by atoms with E-state index in [2.05, 4.69) is 0 Å². The number of aliphatic carboxylic acids is 1. The highest BCUT2D eigenvalue weighted by Crippen LogP contribution is 2.41. The van der Waals surface area contributed by atoms with Crippen LogP contribution in [-0.4, -0.2) is 30.6 Å². The Morgan fingerprint density at radius 2 is 1.83 bits per heavy atom. The molecule has 1 unspecified atom stereocenters. The molecule has 1 heterocycles. The summed E-state index contributed by atoms with van der Waals surface area (Å²) >= 11 is 12.4. The predicted octanol–water partition coefficient (Wildman–Crippen LogP) is 6.95. The average Bonchev–Trinajstić information content (AvgIpc) is 2.85. The van der Waals surface area contributed by atoms with Gasteiger partial charge in [0, 0.05) is 28.6 Å². The zero-order chi connectivity index (χ0) is 24.9. The van der Waals surface area contributed by atoms with Gasteiger partial charge in [0.1, 0.15) is 23.0 Å². The van der Waals surface area contributed by atoms with Crippen molar-refractivity contribution in [1.82, 2.24) is 0 Å². The molecular weight excluding hydrogens is 491 g/mol. The molecule has 1 aliphatic rings. The van der Waals surface area contributed by atoms with Crippen molar-refractivity contribution in [3.05, 3.63) is 81.3 Å². The minimum Gasteiger partial charge on any atom is -0.496 e. The number of carbonyl (C=O) groups excluding carboxylic acids is 1. The van der Waals surface area contributed by atoms with Gasteiger partial charge in [-0.3, -0.25) is 9.59 Å². The molecule has 0 bridgehead atoms. The molecule has 6 nitrogen and oxygen atoms in total. The van der Waals surface area contributed by atoms with Crippen LogP contribution in [0.2, 0.25) is 10.0 Å². The van der Waals surface area contributed by atoms with Crippen molar-refractivity contribution in [2.75, 3.05) is 13.7 Å². The largest absolute Gasteiger partial charge is 0.496 e. The van der Waals surface area contributed by atoms with Crippen LogP contribution in [0.15, 0.2) is 54.6 Å². The van der Waals surface area contributed by atoms with Crippen molar-refractivity contribution in [3.8, 4) is 23.0 Å². The van der Waals surface area contributed by atoms with Crippen LogP contribution in [0.1, 0.15) is 46.7 Å². The van der Waals surface area contributed by atoms with E-state index in [0.29, 0.717) is 70.7 Å². The second kappa shape index (κ2) is 11.0. The Hall–Kier alpha value is -3.22. The molecule has 0 saturated heterocycles. The summed E-state index contributed by atoms with van der Waals surface area (Å²) in [4.78, 5) is 24.1. The van der Waals surface area contributed by atoms with Gasteiger partial charge >= 0.3 is 5.97 Å². The van der Waals surface area contributed by atoms with E-state index in [1.165, 1.54) is 0 Å². The van der Waals surface area contributed by atoms with Crippen molar-refractivity contribution < 1.29 is 28.9 Å². The molecular formula is C27H24Cl2O6. The maximum absolute atomic E-state index is 12.6. The van der Waals surface area contributed by atoms with Gasteiger partial charge in [-0.05, 0) is 67.3 Å². The number of carbonyl (C=O) groups is 2. The number of ether oxygens (including phenoxy) is 3. The molecule has 0 aliphatic carbocycles. The van der Waals surface area contributed by atoms with Gasteiger partial charge in [0.15, 0.2) is 5.78 Å². The summed E-state index contributed by atoms with van der Waals surface area (Å²) in [6.45, 7) is 0.312. The van der Waals surface area contributed by atoms with Crippen LogP contribution in [0, 0.1) is 0 Å². The lowest BCUT2D eigenvalue weighted by Crippen LogP contribution is -2.20. The van der Waals surface area contributed by atoms with E-state index < -0.39 is 11.9 Å². The van der Waals surface area contributed by atoms with E-state index in [1.54, 1.807) is 49.6 Å². The van der Waals surface area contributed by atoms with Gasteiger partial charge < -0.3 is 19.3 Å². The zero-order valence-electron chi connectivity index (χ0n) is 19.1. The minimum absolute atomic E-state index is 0.0319. The number of rotatable bonds is 9. The number of carboxylic acids is 1. The van der Waals surface area contributed by atoms with Crippen molar-refractivity contribution in [3.63, 3.8) is 0 Å². The topological polar surface area (TPSA) is 82.1 Å². The molecule has 35 heavy (non-hydrogen) atoms. The molecule has 0 fully saturated rings. The van der Waals surface area contributed by atoms with Gasteiger partial charge in [0.2, 0.25) is 0 Å². The Balaban J connectivity index is 1.38. The molecule has 1 N–H and O–H groups in total. The molecule has 4 rings (SSSR count). The lowest BCUT2D eigenvalue weighted by Gasteiger charge is -2.24. The second-order valence-corrected chi connectivity index (χ2v) is 9.05. The van der Waals surface area contributed by atoms with Crippen molar-refractivity contribution in [1.29, 1.82) is 0 Å². The van der Waals surface area contributed by atoms with Crippen LogP contribution in [0.3, 0.4) is 0 Å². The van der Waals surface area contributed by atoms with Crippen LogP contribution in [0.5, 0.6) is 23.0 Å². The molecule has 0 aromatic heterocycles. The van der Waals surface area contributed by atoms with Crippen LogP contribution in [-0.2, 0) is 11.2 Å². The lowest BCUT2D eigenvalue weighted by atomic mass is 9.93. The van der Waals surface area contributed by atoms with E-state index in [9.17, 15) is 14.7 Å². The zero-order valence-corrected chi connectivity index (χ0v) is 20.6. The number of Topliss-reactive ketones (excluding diaryl/α,β-unsaturated/α-hetero) is 1. The van der Waals surface area contributed by atoms with Crippen molar-refractivity contribution >= 4 is 35.0 Å².